The minimum Gasteiger partial charge on any atom is -0.409 e. The molecule has 0 heterocycles. The maximum Gasteiger partial charge on any atom is 0.158 e. The van der Waals surface area contributed by atoms with Crippen LogP contribution in [0.2, 0.25) is 0 Å². The van der Waals surface area contributed by atoms with E-state index in [-0.39, 0.29) is 5.84 Å². The highest BCUT2D eigenvalue weighted by Gasteiger charge is 1.91. The number of benzene rings is 1. The van der Waals surface area contributed by atoms with Gasteiger partial charge in [-0.15, -0.1) is 0 Å². The molecule has 12 heavy (non-hydrogen) atoms. The molecule has 4 heteroatoms. The van der Waals surface area contributed by atoms with Crippen molar-refractivity contribution < 1.29 is 5.21 Å². The molecule has 4 nitrogen and oxygen atoms in total. The molecule has 0 amide bonds. The van der Waals surface area contributed by atoms with Crippen LogP contribution in [-0.2, 0) is 0 Å². The highest BCUT2D eigenvalue weighted by molar-refractivity contribution is 5.83. The predicted molar refractivity (Wildman–Crippen MR) is 48.3 cm³/mol. The monoisotopic (exact) mass is 165 g/mol. The molecule has 0 bridgehead atoms. The number of rotatable bonds is 3. The zero-order chi connectivity index (χ0) is 8.81. The molecule has 0 aliphatic carbocycles. The lowest BCUT2D eigenvalue weighted by Gasteiger charge is -2.03. The Hall–Kier alpha value is -1.71. The topological polar surface area (TPSA) is 70.6 Å². The summed E-state index contributed by atoms with van der Waals surface area (Å²) in [5.41, 5.74) is 6.21. The Balaban J connectivity index is 2.44. The van der Waals surface area contributed by atoms with Crippen LogP contribution < -0.4 is 11.1 Å². The zero-order valence-corrected chi connectivity index (χ0v) is 6.57. The van der Waals surface area contributed by atoms with Crippen molar-refractivity contribution in [2.24, 2.45) is 10.9 Å². The van der Waals surface area contributed by atoms with Gasteiger partial charge < -0.3 is 16.3 Å². The Morgan fingerprint density at radius 1 is 1.42 bits per heavy atom. The van der Waals surface area contributed by atoms with Crippen molar-refractivity contribution in [1.29, 1.82) is 0 Å². The summed E-state index contributed by atoms with van der Waals surface area (Å²) in [6.07, 6.45) is 0. The number of nitrogens with zero attached hydrogens (tertiary/aromatic N) is 1. The first-order valence-corrected chi connectivity index (χ1v) is 3.58. The maximum atomic E-state index is 8.24. The number of amidine groups is 1. The smallest absolute Gasteiger partial charge is 0.158 e. The standard InChI is InChI=1S/C8H11N3O/c9-8(11-12)6-10-7-4-2-1-3-5-7/h1-5,10,12H,6H2,(H2,9,11). The first-order chi connectivity index (χ1) is 5.83. The first kappa shape index (κ1) is 8.39. The molecule has 0 atom stereocenters. The molecule has 0 radical (unpaired) electrons. The summed E-state index contributed by atoms with van der Waals surface area (Å²) < 4.78 is 0. The molecule has 0 saturated carbocycles. The van der Waals surface area contributed by atoms with Gasteiger partial charge in [-0.25, -0.2) is 0 Å². The van der Waals surface area contributed by atoms with E-state index in [4.69, 9.17) is 10.9 Å². The number of hydrogen-bond donors (Lipinski definition) is 3. The van der Waals surface area contributed by atoms with Gasteiger partial charge in [-0.05, 0) is 12.1 Å². The molecule has 0 spiro atoms. The summed E-state index contributed by atoms with van der Waals surface area (Å²) in [6.45, 7) is 0.348. The van der Waals surface area contributed by atoms with E-state index in [1.165, 1.54) is 0 Å². The number of nitrogens with two attached hydrogens (primary N) is 1. The van der Waals surface area contributed by atoms with E-state index < -0.39 is 0 Å². The molecule has 64 valence electrons. The molecule has 0 aliphatic rings. The summed E-state index contributed by atoms with van der Waals surface area (Å²) in [5, 5.41) is 14.1. The number of para-hydroxylation sites is 1. The molecule has 0 aliphatic heterocycles. The van der Waals surface area contributed by atoms with Crippen LogP contribution in [-0.4, -0.2) is 17.6 Å². The van der Waals surface area contributed by atoms with Crippen LogP contribution in [0.15, 0.2) is 35.5 Å². The van der Waals surface area contributed by atoms with Crippen molar-refractivity contribution in [1.82, 2.24) is 0 Å². The van der Waals surface area contributed by atoms with Crippen LogP contribution >= 0.6 is 0 Å². The van der Waals surface area contributed by atoms with Gasteiger partial charge in [0.2, 0.25) is 0 Å². The Morgan fingerprint density at radius 3 is 2.67 bits per heavy atom. The van der Waals surface area contributed by atoms with Crippen LogP contribution in [0.1, 0.15) is 0 Å². The molecule has 1 aromatic rings. The van der Waals surface area contributed by atoms with Gasteiger partial charge in [0.05, 0.1) is 6.54 Å². The average molecular weight is 165 g/mol. The fourth-order valence-corrected chi connectivity index (χ4v) is 0.784. The van der Waals surface area contributed by atoms with Crippen molar-refractivity contribution >= 4 is 11.5 Å². The molecular weight excluding hydrogens is 154 g/mol. The fraction of sp³-hybridized carbons (Fsp3) is 0.125. The van der Waals surface area contributed by atoms with Crippen molar-refractivity contribution in [3.8, 4) is 0 Å². The molecule has 1 aromatic carbocycles. The van der Waals surface area contributed by atoms with Crippen LogP contribution in [0.3, 0.4) is 0 Å². The minimum atomic E-state index is 0.166. The molecule has 0 unspecified atom stereocenters. The van der Waals surface area contributed by atoms with Crippen molar-refractivity contribution in [2.45, 2.75) is 0 Å². The van der Waals surface area contributed by atoms with Gasteiger partial charge >= 0.3 is 0 Å². The average Bonchev–Trinajstić information content (AvgIpc) is 2.16. The predicted octanol–water partition coefficient (Wildman–Crippen LogP) is 0.845. The number of hydrogen-bond acceptors (Lipinski definition) is 3. The van der Waals surface area contributed by atoms with Crippen molar-refractivity contribution in [3.05, 3.63) is 30.3 Å². The van der Waals surface area contributed by atoms with Crippen molar-refractivity contribution in [3.63, 3.8) is 0 Å². The van der Waals surface area contributed by atoms with Gasteiger partial charge in [-0.3, -0.25) is 0 Å². The van der Waals surface area contributed by atoms with Crippen LogP contribution in [0, 0.1) is 0 Å². The fourth-order valence-electron chi connectivity index (χ4n) is 0.784. The molecule has 0 aromatic heterocycles. The van der Waals surface area contributed by atoms with Gasteiger partial charge in [0.25, 0.3) is 0 Å². The third-order valence-electron chi connectivity index (χ3n) is 1.38. The lowest BCUT2D eigenvalue weighted by molar-refractivity contribution is 0.317. The number of oxime groups is 1. The largest absolute Gasteiger partial charge is 0.409 e. The summed E-state index contributed by atoms with van der Waals surface area (Å²) in [6, 6.07) is 9.56. The summed E-state index contributed by atoms with van der Waals surface area (Å²) in [4.78, 5) is 0. The van der Waals surface area contributed by atoms with Crippen LogP contribution in [0.5, 0.6) is 0 Å². The van der Waals surface area contributed by atoms with E-state index in [0.29, 0.717) is 6.54 Å². The molecule has 0 fully saturated rings. The second-order valence-electron chi connectivity index (χ2n) is 2.31. The van der Waals surface area contributed by atoms with E-state index in [1.807, 2.05) is 30.3 Å². The van der Waals surface area contributed by atoms with E-state index >= 15 is 0 Å². The number of nitrogens with one attached hydrogen (secondary N) is 1. The van der Waals surface area contributed by atoms with Gasteiger partial charge in [-0.2, -0.15) is 0 Å². The molecule has 4 N–H and O–H groups in total. The van der Waals surface area contributed by atoms with Gasteiger partial charge in [0.15, 0.2) is 5.84 Å². The normalized spacial score (nSPS) is 11.2. The number of anilines is 1. The Bertz CT molecular complexity index is 258. The highest BCUT2D eigenvalue weighted by Crippen LogP contribution is 2.03. The summed E-state index contributed by atoms with van der Waals surface area (Å²) in [7, 11) is 0. The Labute approximate surface area is 70.7 Å². The lowest BCUT2D eigenvalue weighted by atomic mass is 10.3. The second-order valence-corrected chi connectivity index (χ2v) is 2.31. The molecular formula is C8H11N3O. The van der Waals surface area contributed by atoms with Gasteiger partial charge in [0.1, 0.15) is 0 Å². The third kappa shape index (κ3) is 2.49. The van der Waals surface area contributed by atoms with Gasteiger partial charge in [0, 0.05) is 5.69 Å². The quantitative estimate of drug-likeness (QED) is 0.269. The Morgan fingerprint density at radius 2 is 2.08 bits per heavy atom. The van der Waals surface area contributed by atoms with Crippen LogP contribution in [0.4, 0.5) is 5.69 Å². The van der Waals surface area contributed by atoms with E-state index in [0.717, 1.165) is 5.69 Å². The van der Waals surface area contributed by atoms with E-state index in [9.17, 15) is 0 Å². The first-order valence-electron chi connectivity index (χ1n) is 3.58. The summed E-state index contributed by atoms with van der Waals surface area (Å²) >= 11 is 0. The maximum absolute atomic E-state index is 8.24. The highest BCUT2D eigenvalue weighted by atomic mass is 16.4. The zero-order valence-electron chi connectivity index (χ0n) is 6.57. The van der Waals surface area contributed by atoms with E-state index in [2.05, 4.69) is 10.5 Å². The van der Waals surface area contributed by atoms with Crippen LogP contribution in [0.25, 0.3) is 0 Å². The van der Waals surface area contributed by atoms with Crippen molar-refractivity contribution in [2.75, 3.05) is 11.9 Å². The third-order valence-corrected chi connectivity index (χ3v) is 1.38. The lowest BCUT2D eigenvalue weighted by Crippen LogP contribution is -2.22. The SMILES string of the molecule is N/C(CNc1ccccc1)=N/O. The van der Waals surface area contributed by atoms with E-state index in [1.54, 1.807) is 0 Å². The second kappa shape index (κ2) is 4.23. The Kier molecular flexibility index (Phi) is 2.95. The summed E-state index contributed by atoms with van der Waals surface area (Å²) in [5.74, 6) is 0.166. The molecule has 0 saturated heterocycles. The minimum absolute atomic E-state index is 0.166. The van der Waals surface area contributed by atoms with Gasteiger partial charge in [-0.1, -0.05) is 23.4 Å². The molecule has 1 rings (SSSR count).